The van der Waals surface area contributed by atoms with Gasteiger partial charge < -0.3 is 19.7 Å². The Labute approximate surface area is 179 Å². The first kappa shape index (κ1) is 22.6. The number of nitrogens with one attached hydrogen (secondary N) is 3. The molecule has 2 amide bonds. The third kappa shape index (κ3) is 6.44. The smallest absolute Gasteiger partial charge is 0.317 e. The van der Waals surface area contributed by atoms with Crippen molar-refractivity contribution in [1.82, 2.24) is 21.1 Å². The molecule has 1 unspecified atom stereocenters. The van der Waals surface area contributed by atoms with Gasteiger partial charge >= 0.3 is 6.03 Å². The molecule has 2 saturated carbocycles. The number of hydrazine groups is 1. The average Bonchev–Trinajstić information content (AvgIpc) is 3.69. The summed E-state index contributed by atoms with van der Waals surface area (Å²) in [6.07, 6.45) is 8.52. The molecule has 0 radical (unpaired) electrons. The van der Waals surface area contributed by atoms with E-state index in [-0.39, 0.29) is 11.6 Å². The number of carbonyl (C=O) groups is 2. The van der Waals surface area contributed by atoms with E-state index in [9.17, 15) is 9.59 Å². The molecule has 7 nitrogen and oxygen atoms in total. The van der Waals surface area contributed by atoms with E-state index in [0.29, 0.717) is 6.54 Å². The van der Waals surface area contributed by atoms with Gasteiger partial charge in [0.1, 0.15) is 12.0 Å². The van der Waals surface area contributed by atoms with Gasteiger partial charge in [-0.25, -0.2) is 10.2 Å². The number of hydrogen-bond acceptors (Lipinski definition) is 5. The predicted molar refractivity (Wildman–Crippen MR) is 117 cm³/mol. The van der Waals surface area contributed by atoms with Crippen molar-refractivity contribution in [3.05, 3.63) is 29.8 Å². The summed E-state index contributed by atoms with van der Waals surface area (Å²) in [5.41, 5.74) is 8.21. The number of urea groups is 1. The molecule has 3 N–H and O–H groups in total. The van der Waals surface area contributed by atoms with Crippen LogP contribution in [0.1, 0.15) is 57.4 Å². The second kappa shape index (κ2) is 10.8. The molecule has 0 spiro atoms. The standard InChI is InChI=1S/C23H36N4O3/c1-18(16-28)27(22(29)24-2)14-5-3-4-13-25-26-23(11-12-23)20-7-6-8-21(15-20)30-17-19-9-10-19/h6-8,15-16,18-19,25-26H,3-5,9-14,17H2,1-2H3,(H,24,29). The Kier molecular flexibility index (Phi) is 8.10. The number of unbranched alkanes of at least 4 members (excludes halogenated alkanes) is 2. The Morgan fingerprint density at radius 1 is 1.30 bits per heavy atom. The van der Waals surface area contributed by atoms with Gasteiger partial charge in [0.2, 0.25) is 0 Å². The van der Waals surface area contributed by atoms with Crippen LogP contribution in [0.4, 0.5) is 4.79 Å². The highest BCUT2D eigenvalue weighted by Crippen LogP contribution is 2.45. The van der Waals surface area contributed by atoms with E-state index in [0.717, 1.165) is 63.2 Å². The van der Waals surface area contributed by atoms with E-state index in [4.69, 9.17) is 4.74 Å². The summed E-state index contributed by atoms with van der Waals surface area (Å²) in [6, 6.07) is 7.87. The summed E-state index contributed by atoms with van der Waals surface area (Å²) >= 11 is 0. The summed E-state index contributed by atoms with van der Waals surface area (Å²) < 4.78 is 5.93. The minimum atomic E-state index is -0.400. The van der Waals surface area contributed by atoms with Crippen molar-refractivity contribution >= 4 is 12.3 Å². The lowest BCUT2D eigenvalue weighted by atomic mass is 10.1. The maximum atomic E-state index is 11.9. The normalized spacial score (nSPS) is 17.8. The number of nitrogens with zero attached hydrogens (tertiary/aromatic N) is 1. The van der Waals surface area contributed by atoms with E-state index < -0.39 is 6.04 Å². The average molecular weight is 417 g/mol. The van der Waals surface area contributed by atoms with Crippen molar-refractivity contribution < 1.29 is 14.3 Å². The third-order valence-electron chi connectivity index (χ3n) is 6.01. The van der Waals surface area contributed by atoms with E-state index >= 15 is 0 Å². The van der Waals surface area contributed by atoms with Gasteiger partial charge in [-0.05, 0) is 69.1 Å². The van der Waals surface area contributed by atoms with Crippen LogP contribution < -0.4 is 20.9 Å². The molecule has 30 heavy (non-hydrogen) atoms. The van der Waals surface area contributed by atoms with Crippen molar-refractivity contribution in [2.24, 2.45) is 5.92 Å². The Balaban J connectivity index is 1.34. The second-order valence-electron chi connectivity index (χ2n) is 8.60. The van der Waals surface area contributed by atoms with Crippen LogP contribution in [0.5, 0.6) is 5.75 Å². The molecule has 166 valence electrons. The molecule has 0 saturated heterocycles. The van der Waals surface area contributed by atoms with Gasteiger partial charge in [-0.3, -0.25) is 5.43 Å². The SMILES string of the molecule is CNC(=O)N(CCCCCNNC1(c2cccc(OCC3CC3)c2)CC1)C(C)C=O. The van der Waals surface area contributed by atoms with Crippen molar-refractivity contribution in [2.75, 3.05) is 26.7 Å². The fourth-order valence-electron chi connectivity index (χ4n) is 3.60. The number of carbonyl (C=O) groups excluding carboxylic acids is 2. The molecular weight excluding hydrogens is 380 g/mol. The highest BCUT2D eigenvalue weighted by Gasteiger charge is 2.44. The van der Waals surface area contributed by atoms with Crippen LogP contribution >= 0.6 is 0 Å². The lowest BCUT2D eigenvalue weighted by Crippen LogP contribution is -2.45. The molecule has 7 heteroatoms. The summed E-state index contributed by atoms with van der Waals surface area (Å²) in [7, 11) is 1.59. The highest BCUT2D eigenvalue weighted by molar-refractivity contribution is 5.77. The van der Waals surface area contributed by atoms with Gasteiger partial charge in [0.15, 0.2) is 0 Å². The number of hydrogen-bond donors (Lipinski definition) is 3. The van der Waals surface area contributed by atoms with Crippen LogP contribution in [0.15, 0.2) is 24.3 Å². The molecule has 3 rings (SSSR count). The third-order valence-corrected chi connectivity index (χ3v) is 6.01. The predicted octanol–water partition coefficient (Wildman–Crippen LogP) is 2.96. The summed E-state index contributed by atoms with van der Waals surface area (Å²) in [4.78, 5) is 24.4. The van der Waals surface area contributed by atoms with Crippen LogP contribution in [-0.2, 0) is 10.3 Å². The zero-order valence-corrected chi connectivity index (χ0v) is 18.3. The Morgan fingerprint density at radius 3 is 2.77 bits per heavy atom. The molecular formula is C23H36N4O3. The number of rotatable bonds is 14. The van der Waals surface area contributed by atoms with Gasteiger partial charge in [-0.2, -0.15) is 0 Å². The number of aldehydes is 1. The first-order valence-electron chi connectivity index (χ1n) is 11.2. The Hall–Kier alpha value is -2.12. The molecule has 1 aromatic rings. The van der Waals surface area contributed by atoms with Gasteiger partial charge in [0, 0.05) is 20.1 Å². The minimum absolute atomic E-state index is 0.0222. The summed E-state index contributed by atoms with van der Waals surface area (Å²) in [5, 5.41) is 2.60. The lowest BCUT2D eigenvalue weighted by Gasteiger charge is -2.25. The summed E-state index contributed by atoms with van der Waals surface area (Å²) in [5.74, 6) is 1.73. The van der Waals surface area contributed by atoms with E-state index in [1.54, 1.807) is 18.9 Å². The molecule has 0 aromatic heterocycles. The molecule has 0 bridgehead atoms. The molecule has 0 heterocycles. The van der Waals surface area contributed by atoms with Crippen LogP contribution in [0.25, 0.3) is 0 Å². The number of amides is 2. The zero-order valence-electron chi connectivity index (χ0n) is 18.3. The lowest BCUT2D eigenvalue weighted by molar-refractivity contribution is -0.111. The van der Waals surface area contributed by atoms with Crippen LogP contribution in [0.2, 0.25) is 0 Å². The molecule has 2 aliphatic rings. The molecule has 2 fully saturated rings. The fourth-order valence-corrected chi connectivity index (χ4v) is 3.60. The Bertz CT molecular complexity index is 703. The Morgan fingerprint density at radius 2 is 2.10 bits per heavy atom. The topological polar surface area (TPSA) is 82.7 Å². The van der Waals surface area contributed by atoms with Crippen molar-refractivity contribution in [2.45, 2.75) is 63.5 Å². The highest BCUT2D eigenvalue weighted by atomic mass is 16.5. The maximum Gasteiger partial charge on any atom is 0.317 e. The monoisotopic (exact) mass is 416 g/mol. The zero-order chi connectivity index (χ0) is 21.4. The fraction of sp³-hybridized carbons (Fsp3) is 0.652. The van der Waals surface area contributed by atoms with Gasteiger partial charge in [-0.1, -0.05) is 18.6 Å². The van der Waals surface area contributed by atoms with E-state index in [2.05, 4.69) is 34.4 Å². The van der Waals surface area contributed by atoms with E-state index in [1.807, 2.05) is 6.07 Å². The maximum absolute atomic E-state index is 11.9. The van der Waals surface area contributed by atoms with Gasteiger partial charge in [-0.15, -0.1) is 0 Å². The van der Waals surface area contributed by atoms with Crippen molar-refractivity contribution in [1.29, 1.82) is 0 Å². The van der Waals surface area contributed by atoms with Gasteiger partial charge in [0.05, 0.1) is 18.2 Å². The molecule has 1 aromatic carbocycles. The van der Waals surface area contributed by atoms with Crippen LogP contribution in [0, 0.1) is 5.92 Å². The van der Waals surface area contributed by atoms with Gasteiger partial charge in [0.25, 0.3) is 0 Å². The van der Waals surface area contributed by atoms with Crippen LogP contribution in [0.3, 0.4) is 0 Å². The van der Waals surface area contributed by atoms with Crippen LogP contribution in [-0.4, -0.2) is 50.0 Å². The van der Waals surface area contributed by atoms with Crippen molar-refractivity contribution in [3.8, 4) is 5.75 Å². The summed E-state index contributed by atoms with van der Waals surface area (Å²) in [6.45, 7) is 4.04. The minimum Gasteiger partial charge on any atom is -0.493 e. The van der Waals surface area contributed by atoms with E-state index in [1.165, 1.54) is 18.4 Å². The quantitative estimate of drug-likeness (QED) is 0.247. The number of ether oxygens (including phenoxy) is 1. The largest absolute Gasteiger partial charge is 0.493 e. The molecule has 1 atom stereocenters. The first-order chi connectivity index (χ1) is 14.6. The molecule has 2 aliphatic carbocycles. The number of benzene rings is 1. The second-order valence-corrected chi connectivity index (χ2v) is 8.60. The van der Waals surface area contributed by atoms with Crippen molar-refractivity contribution in [3.63, 3.8) is 0 Å². The first-order valence-corrected chi connectivity index (χ1v) is 11.2. The molecule has 0 aliphatic heterocycles.